The molecule has 0 saturated carbocycles. The molecule has 7 heteroatoms. The number of thioether (sulfide) groups is 1. The van der Waals surface area contributed by atoms with Crippen LogP contribution in [-0.4, -0.2) is 62.5 Å². The number of carbonyl (C=O) groups is 1. The Bertz CT molecular complexity index is 236. The summed E-state index contributed by atoms with van der Waals surface area (Å²) >= 11 is 1.77. The van der Waals surface area contributed by atoms with Crippen molar-refractivity contribution in [3.63, 3.8) is 0 Å². The molecule has 0 atom stereocenters. The molecule has 2 N–H and O–H groups in total. The minimum atomic E-state index is 0. The van der Waals surface area contributed by atoms with Crippen LogP contribution in [0.25, 0.3) is 0 Å². The van der Waals surface area contributed by atoms with Gasteiger partial charge in [-0.1, -0.05) is 0 Å². The van der Waals surface area contributed by atoms with Crippen LogP contribution in [0.5, 0.6) is 0 Å². The highest BCUT2D eigenvalue weighted by atomic mass is 127. The second-order valence-electron chi connectivity index (χ2n) is 3.40. The summed E-state index contributed by atoms with van der Waals surface area (Å²) in [5, 5.41) is 6.26. The molecule has 0 aromatic heterocycles. The molecular formula is C10H23IN4OS. The average molecular weight is 374 g/mol. The standard InChI is InChI=1S/C10H22N4OS.HI/c1-5-11-10(12-6-7-16-4)13-8-9(15)14(2)3;/h5-8H2,1-4H3,(H2,11,12,13);1H. The highest BCUT2D eigenvalue weighted by Crippen LogP contribution is 1.87. The van der Waals surface area contributed by atoms with Crippen molar-refractivity contribution in [2.45, 2.75) is 6.92 Å². The van der Waals surface area contributed by atoms with Crippen LogP contribution in [0.2, 0.25) is 0 Å². The third-order valence-electron chi connectivity index (χ3n) is 1.81. The normalized spacial score (nSPS) is 10.5. The third-order valence-corrected chi connectivity index (χ3v) is 2.43. The highest BCUT2D eigenvalue weighted by Gasteiger charge is 2.03. The molecule has 0 aliphatic heterocycles. The summed E-state index contributed by atoms with van der Waals surface area (Å²) in [5.74, 6) is 1.72. The van der Waals surface area contributed by atoms with E-state index in [0.29, 0.717) is 5.96 Å². The van der Waals surface area contributed by atoms with Crippen LogP contribution >= 0.6 is 35.7 Å². The molecule has 0 aliphatic carbocycles. The molecule has 1 amide bonds. The predicted octanol–water partition coefficient (Wildman–Crippen LogP) is 0.611. The Balaban J connectivity index is 0. The fourth-order valence-corrected chi connectivity index (χ4v) is 1.21. The SMILES string of the molecule is CCNC(=NCC(=O)N(C)C)NCCSC.I. The van der Waals surface area contributed by atoms with Crippen LogP contribution in [0.4, 0.5) is 0 Å². The zero-order chi connectivity index (χ0) is 12.4. The van der Waals surface area contributed by atoms with Crippen molar-refractivity contribution in [1.29, 1.82) is 0 Å². The van der Waals surface area contributed by atoms with E-state index in [1.807, 2.05) is 6.92 Å². The van der Waals surface area contributed by atoms with Crippen LogP contribution < -0.4 is 10.6 Å². The molecule has 0 aliphatic rings. The zero-order valence-electron chi connectivity index (χ0n) is 10.9. The van der Waals surface area contributed by atoms with Crippen LogP contribution in [0.3, 0.4) is 0 Å². The minimum absolute atomic E-state index is 0. The minimum Gasteiger partial charge on any atom is -0.357 e. The number of aliphatic imine (C=N–C) groups is 1. The first-order chi connectivity index (χ1) is 7.61. The number of likely N-dealkylation sites (N-methyl/N-ethyl adjacent to an activating group) is 1. The molecule has 0 fully saturated rings. The van der Waals surface area contributed by atoms with E-state index in [-0.39, 0.29) is 36.4 Å². The Hall–Kier alpha value is -0.180. The Labute approximate surface area is 125 Å². The topological polar surface area (TPSA) is 56.7 Å². The van der Waals surface area contributed by atoms with Gasteiger partial charge in [0.25, 0.3) is 0 Å². The van der Waals surface area contributed by atoms with Crippen molar-refractivity contribution in [1.82, 2.24) is 15.5 Å². The summed E-state index contributed by atoms with van der Waals surface area (Å²) < 4.78 is 0. The van der Waals surface area contributed by atoms with Gasteiger partial charge in [0.2, 0.25) is 5.91 Å². The van der Waals surface area contributed by atoms with Gasteiger partial charge in [0.15, 0.2) is 5.96 Å². The van der Waals surface area contributed by atoms with Gasteiger partial charge in [0.1, 0.15) is 6.54 Å². The molecule has 0 aromatic carbocycles. The van der Waals surface area contributed by atoms with E-state index in [9.17, 15) is 4.79 Å². The van der Waals surface area contributed by atoms with Crippen LogP contribution in [0.15, 0.2) is 4.99 Å². The molecule has 0 aromatic rings. The van der Waals surface area contributed by atoms with Crippen molar-refractivity contribution in [2.75, 3.05) is 45.7 Å². The Morgan fingerprint density at radius 3 is 2.47 bits per heavy atom. The lowest BCUT2D eigenvalue weighted by atomic mass is 10.5. The van der Waals surface area contributed by atoms with Crippen LogP contribution in [0.1, 0.15) is 6.92 Å². The number of amides is 1. The van der Waals surface area contributed by atoms with Gasteiger partial charge >= 0.3 is 0 Å². The molecule has 17 heavy (non-hydrogen) atoms. The predicted molar refractivity (Wildman–Crippen MR) is 86.5 cm³/mol. The lowest BCUT2D eigenvalue weighted by Crippen LogP contribution is -2.39. The van der Waals surface area contributed by atoms with Crippen molar-refractivity contribution < 1.29 is 4.79 Å². The highest BCUT2D eigenvalue weighted by molar-refractivity contribution is 14.0. The molecule has 0 bridgehead atoms. The molecule has 0 unspecified atom stereocenters. The lowest BCUT2D eigenvalue weighted by molar-refractivity contribution is -0.127. The van der Waals surface area contributed by atoms with Crippen molar-refractivity contribution in [2.24, 2.45) is 4.99 Å². The van der Waals surface area contributed by atoms with E-state index in [1.54, 1.807) is 25.9 Å². The first-order valence-electron chi connectivity index (χ1n) is 5.33. The number of hydrogen-bond acceptors (Lipinski definition) is 3. The average Bonchev–Trinajstić information content (AvgIpc) is 2.25. The molecule has 0 spiro atoms. The van der Waals surface area contributed by atoms with E-state index in [2.05, 4.69) is 21.9 Å². The molecular weight excluding hydrogens is 351 g/mol. The van der Waals surface area contributed by atoms with Gasteiger partial charge in [-0.25, -0.2) is 4.99 Å². The van der Waals surface area contributed by atoms with Gasteiger partial charge in [-0.05, 0) is 13.2 Å². The first-order valence-corrected chi connectivity index (χ1v) is 6.72. The van der Waals surface area contributed by atoms with E-state index in [4.69, 9.17) is 0 Å². The number of halogens is 1. The quantitative estimate of drug-likeness (QED) is 0.310. The Kier molecular flexibility index (Phi) is 13.8. The summed E-state index contributed by atoms with van der Waals surface area (Å²) in [6.45, 7) is 3.82. The second kappa shape index (κ2) is 12.3. The number of nitrogens with zero attached hydrogens (tertiary/aromatic N) is 2. The molecule has 0 rings (SSSR count). The van der Waals surface area contributed by atoms with Crippen LogP contribution in [0, 0.1) is 0 Å². The first kappa shape index (κ1) is 19.2. The van der Waals surface area contributed by atoms with Gasteiger partial charge in [0.05, 0.1) is 0 Å². The van der Waals surface area contributed by atoms with Crippen molar-refractivity contribution in [3.8, 4) is 0 Å². The Morgan fingerprint density at radius 1 is 1.35 bits per heavy atom. The molecule has 0 radical (unpaired) electrons. The molecule has 0 saturated heterocycles. The van der Waals surface area contributed by atoms with E-state index < -0.39 is 0 Å². The van der Waals surface area contributed by atoms with Gasteiger partial charge in [-0.15, -0.1) is 24.0 Å². The molecule has 0 heterocycles. The maximum absolute atomic E-state index is 11.3. The lowest BCUT2D eigenvalue weighted by Gasteiger charge is -2.12. The summed E-state index contributed by atoms with van der Waals surface area (Å²) in [7, 11) is 3.46. The van der Waals surface area contributed by atoms with Gasteiger partial charge in [-0.3, -0.25) is 4.79 Å². The number of hydrogen-bond donors (Lipinski definition) is 2. The number of carbonyl (C=O) groups excluding carboxylic acids is 1. The van der Waals surface area contributed by atoms with Gasteiger partial charge < -0.3 is 15.5 Å². The molecule has 102 valence electrons. The van der Waals surface area contributed by atoms with Crippen molar-refractivity contribution >= 4 is 47.6 Å². The maximum atomic E-state index is 11.3. The number of nitrogens with one attached hydrogen (secondary N) is 2. The summed E-state index contributed by atoms with van der Waals surface area (Å²) in [4.78, 5) is 17.1. The van der Waals surface area contributed by atoms with Crippen LogP contribution in [-0.2, 0) is 4.79 Å². The molecule has 5 nitrogen and oxygen atoms in total. The third kappa shape index (κ3) is 10.7. The number of guanidine groups is 1. The summed E-state index contributed by atoms with van der Waals surface area (Å²) in [5.41, 5.74) is 0. The van der Waals surface area contributed by atoms with E-state index >= 15 is 0 Å². The summed E-state index contributed by atoms with van der Waals surface area (Å²) in [6, 6.07) is 0. The smallest absolute Gasteiger partial charge is 0.243 e. The monoisotopic (exact) mass is 374 g/mol. The Morgan fingerprint density at radius 2 is 2.00 bits per heavy atom. The van der Waals surface area contributed by atoms with E-state index in [1.165, 1.54) is 4.90 Å². The van der Waals surface area contributed by atoms with Crippen molar-refractivity contribution in [3.05, 3.63) is 0 Å². The summed E-state index contributed by atoms with van der Waals surface area (Å²) in [6.07, 6.45) is 2.06. The fraction of sp³-hybridized carbons (Fsp3) is 0.800. The van der Waals surface area contributed by atoms with Gasteiger partial charge in [-0.2, -0.15) is 11.8 Å². The largest absolute Gasteiger partial charge is 0.357 e. The second-order valence-corrected chi connectivity index (χ2v) is 4.39. The van der Waals surface area contributed by atoms with Gasteiger partial charge in [0, 0.05) is 32.9 Å². The maximum Gasteiger partial charge on any atom is 0.243 e. The zero-order valence-corrected chi connectivity index (χ0v) is 14.1. The fourth-order valence-electron chi connectivity index (χ4n) is 0.901. The number of rotatable bonds is 6. The van der Waals surface area contributed by atoms with E-state index in [0.717, 1.165) is 18.8 Å².